The Labute approximate surface area is 143 Å². The minimum atomic E-state index is -0.321. The molecule has 0 spiro atoms. The van der Waals surface area contributed by atoms with Crippen molar-refractivity contribution in [3.63, 3.8) is 0 Å². The van der Waals surface area contributed by atoms with E-state index in [1.807, 2.05) is 20.8 Å². The van der Waals surface area contributed by atoms with Crippen LogP contribution in [0, 0.1) is 19.8 Å². The van der Waals surface area contributed by atoms with Crippen molar-refractivity contribution in [2.24, 2.45) is 5.92 Å². The Morgan fingerprint density at radius 3 is 2.92 bits per heavy atom. The molecule has 7 nitrogen and oxygen atoms in total. The first-order valence-corrected chi connectivity index (χ1v) is 8.81. The standard InChI is InChI=1S/C16H19N5O2S/c1-4-12-10(3)19-16-21(14(12)23)7-11(8-24-16)13(22)20-15-17-6-5-9(2)18-15/h5-6,11H,4,7-8H2,1-3H3,(H,17,18,20,22). The van der Waals surface area contributed by atoms with Gasteiger partial charge in [0.05, 0.1) is 5.92 Å². The first kappa shape index (κ1) is 16.6. The number of anilines is 1. The van der Waals surface area contributed by atoms with Gasteiger partial charge in [0.25, 0.3) is 5.56 Å². The van der Waals surface area contributed by atoms with Crippen molar-refractivity contribution in [2.45, 2.75) is 38.9 Å². The molecule has 3 rings (SSSR count). The molecule has 1 atom stereocenters. The van der Waals surface area contributed by atoms with Gasteiger partial charge in [-0.3, -0.25) is 19.5 Å². The van der Waals surface area contributed by atoms with E-state index in [0.717, 1.165) is 11.4 Å². The molecule has 0 fully saturated rings. The minimum Gasteiger partial charge on any atom is -0.294 e. The first-order chi connectivity index (χ1) is 11.5. The van der Waals surface area contributed by atoms with Crippen molar-refractivity contribution in [3.8, 4) is 0 Å². The highest BCUT2D eigenvalue weighted by atomic mass is 32.2. The summed E-state index contributed by atoms with van der Waals surface area (Å²) in [6, 6.07) is 1.77. The van der Waals surface area contributed by atoms with Crippen molar-refractivity contribution in [3.05, 3.63) is 39.6 Å². The molecule has 3 heterocycles. The number of nitrogens with zero attached hydrogens (tertiary/aromatic N) is 4. The van der Waals surface area contributed by atoms with Gasteiger partial charge < -0.3 is 0 Å². The Bertz CT molecular complexity index is 849. The monoisotopic (exact) mass is 345 g/mol. The molecule has 2 aromatic rings. The normalized spacial score (nSPS) is 16.5. The average Bonchev–Trinajstić information content (AvgIpc) is 2.55. The average molecular weight is 345 g/mol. The van der Waals surface area contributed by atoms with Gasteiger partial charge in [-0.25, -0.2) is 15.0 Å². The summed E-state index contributed by atoms with van der Waals surface area (Å²) in [7, 11) is 0. The lowest BCUT2D eigenvalue weighted by Crippen LogP contribution is -2.38. The van der Waals surface area contributed by atoms with E-state index in [0.29, 0.717) is 35.4 Å². The second kappa shape index (κ2) is 6.72. The molecule has 8 heteroatoms. The predicted octanol–water partition coefficient (Wildman–Crippen LogP) is 1.57. The molecule has 0 saturated heterocycles. The molecule has 0 radical (unpaired) electrons. The summed E-state index contributed by atoms with van der Waals surface area (Å²) in [5.41, 5.74) is 2.23. The van der Waals surface area contributed by atoms with E-state index in [-0.39, 0.29) is 17.4 Å². The highest BCUT2D eigenvalue weighted by molar-refractivity contribution is 7.99. The first-order valence-electron chi connectivity index (χ1n) is 7.83. The van der Waals surface area contributed by atoms with Gasteiger partial charge in [-0.05, 0) is 26.3 Å². The van der Waals surface area contributed by atoms with E-state index in [9.17, 15) is 9.59 Å². The predicted molar refractivity (Wildman–Crippen MR) is 92.2 cm³/mol. The maximum Gasteiger partial charge on any atom is 0.257 e. The third-order valence-corrected chi connectivity index (χ3v) is 5.14. The number of hydrogen-bond acceptors (Lipinski definition) is 6. The van der Waals surface area contributed by atoms with Crippen LogP contribution in [-0.4, -0.2) is 31.2 Å². The van der Waals surface area contributed by atoms with Crippen LogP contribution >= 0.6 is 11.8 Å². The minimum absolute atomic E-state index is 0.0446. The summed E-state index contributed by atoms with van der Waals surface area (Å²) in [5.74, 6) is 0.372. The fourth-order valence-electron chi connectivity index (χ4n) is 2.68. The zero-order valence-corrected chi connectivity index (χ0v) is 14.7. The molecule has 2 aromatic heterocycles. The number of fused-ring (bicyclic) bond motifs is 1. The number of amides is 1. The Hall–Kier alpha value is -2.22. The lowest BCUT2D eigenvalue weighted by atomic mass is 10.1. The quantitative estimate of drug-likeness (QED) is 0.850. The molecule has 0 aromatic carbocycles. The van der Waals surface area contributed by atoms with Crippen LogP contribution in [0.5, 0.6) is 0 Å². The maximum atomic E-state index is 12.6. The smallest absolute Gasteiger partial charge is 0.257 e. The van der Waals surface area contributed by atoms with Crippen LogP contribution in [0.25, 0.3) is 0 Å². The van der Waals surface area contributed by atoms with Gasteiger partial charge in [-0.15, -0.1) is 0 Å². The molecule has 0 aliphatic carbocycles. The van der Waals surface area contributed by atoms with Gasteiger partial charge in [0.2, 0.25) is 11.9 Å². The van der Waals surface area contributed by atoms with Crippen LogP contribution < -0.4 is 10.9 Å². The Kier molecular flexibility index (Phi) is 4.66. The summed E-state index contributed by atoms with van der Waals surface area (Å²) in [6.45, 7) is 5.96. The summed E-state index contributed by atoms with van der Waals surface area (Å²) in [4.78, 5) is 37.8. The van der Waals surface area contributed by atoms with E-state index >= 15 is 0 Å². The highest BCUT2D eigenvalue weighted by Gasteiger charge is 2.28. The van der Waals surface area contributed by atoms with Crippen LogP contribution in [0.1, 0.15) is 23.9 Å². The third kappa shape index (κ3) is 3.19. The van der Waals surface area contributed by atoms with Gasteiger partial charge in [-0.2, -0.15) is 0 Å². The third-order valence-electron chi connectivity index (χ3n) is 4.01. The SMILES string of the molecule is CCc1c(C)nc2n(c1=O)CC(C(=O)Nc1nccc(C)n1)CS2. The van der Waals surface area contributed by atoms with Crippen molar-refractivity contribution >= 4 is 23.6 Å². The van der Waals surface area contributed by atoms with E-state index in [2.05, 4.69) is 20.3 Å². The second-order valence-corrected chi connectivity index (χ2v) is 6.73. The highest BCUT2D eigenvalue weighted by Crippen LogP contribution is 2.26. The number of aromatic nitrogens is 4. The lowest BCUT2D eigenvalue weighted by molar-refractivity contribution is -0.119. The zero-order valence-electron chi connectivity index (χ0n) is 13.9. The number of aryl methyl sites for hydroxylation is 2. The van der Waals surface area contributed by atoms with Crippen LogP contribution in [-0.2, 0) is 17.8 Å². The molecule has 0 bridgehead atoms. The van der Waals surface area contributed by atoms with E-state index in [1.165, 1.54) is 11.8 Å². The Balaban J connectivity index is 1.82. The summed E-state index contributed by atoms with van der Waals surface area (Å²) in [6.07, 6.45) is 2.24. The molecule has 0 saturated carbocycles. The van der Waals surface area contributed by atoms with Gasteiger partial charge >= 0.3 is 0 Å². The van der Waals surface area contributed by atoms with Crippen LogP contribution in [0.15, 0.2) is 22.2 Å². The Morgan fingerprint density at radius 1 is 1.42 bits per heavy atom. The fourth-order valence-corrected chi connectivity index (χ4v) is 3.80. The van der Waals surface area contributed by atoms with Crippen molar-refractivity contribution < 1.29 is 4.79 Å². The van der Waals surface area contributed by atoms with Crippen LogP contribution in [0.2, 0.25) is 0 Å². The van der Waals surface area contributed by atoms with E-state index < -0.39 is 0 Å². The summed E-state index contributed by atoms with van der Waals surface area (Å²) >= 11 is 1.44. The van der Waals surface area contributed by atoms with Gasteiger partial charge in [0.1, 0.15) is 0 Å². The largest absolute Gasteiger partial charge is 0.294 e. The number of carbonyl (C=O) groups is 1. The summed E-state index contributed by atoms with van der Waals surface area (Å²) < 4.78 is 1.61. The van der Waals surface area contributed by atoms with Gasteiger partial charge in [-0.1, -0.05) is 18.7 Å². The number of hydrogen-bond donors (Lipinski definition) is 1. The fraction of sp³-hybridized carbons (Fsp3) is 0.438. The molecule has 24 heavy (non-hydrogen) atoms. The number of thioether (sulfide) groups is 1. The van der Waals surface area contributed by atoms with Crippen molar-refractivity contribution in [2.75, 3.05) is 11.1 Å². The molecule has 1 aliphatic rings. The zero-order chi connectivity index (χ0) is 17.3. The van der Waals surface area contributed by atoms with Crippen LogP contribution in [0.3, 0.4) is 0 Å². The number of rotatable bonds is 3. The molecular weight excluding hydrogens is 326 g/mol. The molecule has 1 aliphatic heterocycles. The van der Waals surface area contributed by atoms with Crippen molar-refractivity contribution in [1.82, 2.24) is 19.5 Å². The van der Waals surface area contributed by atoms with E-state index in [1.54, 1.807) is 16.8 Å². The topological polar surface area (TPSA) is 89.8 Å². The molecule has 1 unspecified atom stereocenters. The molecule has 1 N–H and O–H groups in total. The van der Waals surface area contributed by atoms with Gasteiger partial charge in [0, 0.05) is 35.4 Å². The van der Waals surface area contributed by atoms with Crippen LogP contribution in [0.4, 0.5) is 5.95 Å². The lowest BCUT2D eigenvalue weighted by Gasteiger charge is -2.25. The molecule has 1 amide bonds. The molecule has 126 valence electrons. The number of nitrogens with one attached hydrogen (secondary N) is 1. The second-order valence-electron chi connectivity index (χ2n) is 5.75. The van der Waals surface area contributed by atoms with Crippen molar-refractivity contribution in [1.29, 1.82) is 0 Å². The maximum absolute atomic E-state index is 12.6. The summed E-state index contributed by atoms with van der Waals surface area (Å²) in [5, 5.41) is 3.42. The Morgan fingerprint density at radius 2 is 2.21 bits per heavy atom. The van der Waals surface area contributed by atoms with Gasteiger partial charge in [0.15, 0.2) is 5.16 Å². The van der Waals surface area contributed by atoms with E-state index in [4.69, 9.17) is 0 Å². The number of carbonyl (C=O) groups excluding carboxylic acids is 1. The molecular formula is C16H19N5O2S.